The van der Waals surface area contributed by atoms with E-state index in [0.29, 0.717) is 5.56 Å². The molecule has 3 nitrogen and oxygen atoms in total. The lowest BCUT2D eigenvalue weighted by atomic mass is 9.67. The van der Waals surface area contributed by atoms with Gasteiger partial charge in [0, 0.05) is 26.6 Å². The summed E-state index contributed by atoms with van der Waals surface area (Å²) in [5.74, 6) is 0.844. The van der Waals surface area contributed by atoms with Crippen LogP contribution in [0.2, 0.25) is 0 Å². The van der Waals surface area contributed by atoms with E-state index in [1.54, 1.807) is 0 Å². The van der Waals surface area contributed by atoms with Gasteiger partial charge in [-0.25, -0.2) is 0 Å². The van der Waals surface area contributed by atoms with Crippen LogP contribution in [0.15, 0.2) is 215 Å². The molecule has 8 aromatic carbocycles. The van der Waals surface area contributed by atoms with Crippen molar-refractivity contribution in [1.29, 1.82) is 5.26 Å². The highest BCUT2D eigenvalue weighted by atomic mass is 32.2. The van der Waals surface area contributed by atoms with Gasteiger partial charge in [-0.2, -0.15) is 5.26 Å². The van der Waals surface area contributed by atoms with Crippen LogP contribution in [-0.2, 0) is 5.41 Å². The summed E-state index contributed by atoms with van der Waals surface area (Å²) in [7, 11) is 0. The van der Waals surface area contributed by atoms with Gasteiger partial charge in [0.1, 0.15) is 5.84 Å². The third-order valence-corrected chi connectivity index (χ3v) is 13.0. The minimum atomic E-state index is -0.526. The Morgan fingerprint density at radius 1 is 0.500 bits per heavy atom. The highest BCUT2D eigenvalue weighted by molar-refractivity contribution is 7.99. The molecule has 11 rings (SSSR count). The number of nitrogens with zero attached hydrogens (tertiary/aromatic N) is 2. The van der Waals surface area contributed by atoms with E-state index in [0.717, 1.165) is 61.6 Å². The molecule has 1 aliphatic carbocycles. The molecule has 0 fully saturated rings. The van der Waals surface area contributed by atoms with Crippen molar-refractivity contribution in [2.45, 2.75) is 21.2 Å². The first-order valence-corrected chi connectivity index (χ1v) is 20.4. The van der Waals surface area contributed by atoms with Gasteiger partial charge in [0.15, 0.2) is 0 Å². The third kappa shape index (κ3) is 5.39. The minimum absolute atomic E-state index is 0.111. The van der Waals surface area contributed by atoms with Gasteiger partial charge in [-0.15, -0.1) is 0 Å². The first-order chi connectivity index (χ1) is 28.7. The maximum atomic E-state index is 10.5. The Morgan fingerprint density at radius 3 is 1.74 bits per heavy atom. The number of fused-ring (bicyclic) bond motifs is 9. The molecule has 0 amide bonds. The SMILES string of the molecule is N#Cc1cccc2c1-c1cc(-c3cccc(-c4cccc(C5=NC(c6ccccc6)C=C(c6ccccc6)N5)c4)c3)ccc1C21c2ccccc2Sc2ccccc21. The maximum absolute atomic E-state index is 10.5. The Hall–Kier alpha value is -7.19. The van der Waals surface area contributed by atoms with Gasteiger partial charge in [-0.1, -0.05) is 169 Å². The second-order valence-electron chi connectivity index (χ2n) is 15.0. The predicted molar refractivity (Wildman–Crippen MR) is 237 cm³/mol. The number of hydrogen-bond acceptors (Lipinski definition) is 4. The summed E-state index contributed by atoms with van der Waals surface area (Å²) in [5, 5.41) is 14.2. The minimum Gasteiger partial charge on any atom is -0.340 e. The molecular weight excluding hydrogens is 723 g/mol. The van der Waals surface area contributed by atoms with Crippen LogP contribution in [0.4, 0.5) is 0 Å². The predicted octanol–water partition coefficient (Wildman–Crippen LogP) is 12.9. The molecule has 1 unspecified atom stereocenters. The number of nitriles is 1. The molecule has 0 saturated heterocycles. The summed E-state index contributed by atoms with van der Waals surface area (Å²) >= 11 is 1.83. The van der Waals surface area contributed by atoms with Crippen LogP contribution in [0.3, 0.4) is 0 Å². The van der Waals surface area contributed by atoms with Gasteiger partial charge in [-0.05, 0) is 104 Å². The van der Waals surface area contributed by atoms with Crippen LogP contribution in [0.5, 0.6) is 0 Å². The zero-order chi connectivity index (χ0) is 38.6. The molecule has 0 saturated carbocycles. The lowest BCUT2D eigenvalue weighted by molar-refractivity contribution is 0.722. The quantitative estimate of drug-likeness (QED) is 0.190. The summed E-state index contributed by atoms with van der Waals surface area (Å²) in [6, 6.07) is 71.5. The van der Waals surface area contributed by atoms with Crippen LogP contribution in [0.1, 0.15) is 50.5 Å². The molecule has 2 heterocycles. The van der Waals surface area contributed by atoms with Crippen molar-refractivity contribution in [2.75, 3.05) is 0 Å². The van der Waals surface area contributed by atoms with Crippen molar-refractivity contribution >= 4 is 23.3 Å². The monoisotopic (exact) mass is 757 g/mol. The van der Waals surface area contributed by atoms with Crippen molar-refractivity contribution in [1.82, 2.24) is 5.32 Å². The fraction of sp³-hybridized carbons (Fsp3) is 0.0370. The molecule has 3 aliphatic rings. The summed E-state index contributed by atoms with van der Waals surface area (Å²) < 4.78 is 0. The van der Waals surface area contributed by atoms with E-state index in [2.05, 4.69) is 187 Å². The molecule has 58 heavy (non-hydrogen) atoms. The summed E-state index contributed by atoms with van der Waals surface area (Å²) in [6.07, 6.45) is 2.21. The van der Waals surface area contributed by atoms with E-state index in [1.807, 2.05) is 36.0 Å². The van der Waals surface area contributed by atoms with Crippen LogP contribution in [0.25, 0.3) is 39.1 Å². The van der Waals surface area contributed by atoms with E-state index in [-0.39, 0.29) is 6.04 Å². The first kappa shape index (κ1) is 34.1. The largest absolute Gasteiger partial charge is 0.340 e. The number of hydrogen-bond donors (Lipinski definition) is 1. The Kier molecular flexibility index (Phi) is 8.10. The molecule has 0 aromatic heterocycles. The van der Waals surface area contributed by atoms with Crippen LogP contribution in [-0.4, -0.2) is 5.84 Å². The van der Waals surface area contributed by atoms with Crippen molar-refractivity contribution in [3.05, 3.63) is 245 Å². The van der Waals surface area contributed by atoms with Gasteiger partial charge in [0.05, 0.1) is 23.1 Å². The molecule has 0 bridgehead atoms. The number of amidine groups is 1. The molecule has 0 radical (unpaired) electrons. The van der Waals surface area contributed by atoms with Crippen molar-refractivity contribution in [2.24, 2.45) is 4.99 Å². The molecule has 4 heteroatoms. The lowest BCUT2D eigenvalue weighted by Crippen LogP contribution is -2.31. The van der Waals surface area contributed by atoms with Gasteiger partial charge in [0.25, 0.3) is 0 Å². The number of nitrogens with one attached hydrogen (secondary N) is 1. The third-order valence-electron chi connectivity index (χ3n) is 11.8. The summed E-state index contributed by atoms with van der Waals surface area (Å²) in [5.41, 5.74) is 16.1. The average Bonchev–Trinajstić information content (AvgIpc) is 3.59. The Bertz CT molecular complexity index is 2980. The number of rotatable bonds is 5. The molecular formula is C54H35N3S. The normalized spacial score (nSPS) is 15.5. The van der Waals surface area contributed by atoms with Gasteiger partial charge >= 0.3 is 0 Å². The Balaban J connectivity index is 1.01. The van der Waals surface area contributed by atoms with Gasteiger partial charge in [0.2, 0.25) is 0 Å². The number of aliphatic imine (C=N–C) groups is 1. The van der Waals surface area contributed by atoms with Gasteiger partial charge in [-0.3, -0.25) is 4.99 Å². The van der Waals surface area contributed by atoms with Crippen LogP contribution in [0, 0.1) is 11.3 Å². The zero-order valence-electron chi connectivity index (χ0n) is 31.4. The maximum Gasteiger partial charge on any atom is 0.133 e. The molecule has 2 aliphatic heterocycles. The highest BCUT2D eigenvalue weighted by Crippen LogP contribution is 2.63. The summed E-state index contributed by atoms with van der Waals surface area (Å²) in [6.45, 7) is 0. The average molecular weight is 758 g/mol. The van der Waals surface area contributed by atoms with Crippen molar-refractivity contribution in [3.63, 3.8) is 0 Å². The van der Waals surface area contributed by atoms with Crippen molar-refractivity contribution < 1.29 is 0 Å². The highest BCUT2D eigenvalue weighted by Gasteiger charge is 2.50. The smallest absolute Gasteiger partial charge is 0.133 e. The second kappa shape index (κ2) is 13.8. The van der Waals surface area contributed by atoms with Crippen LogP contribution >= 0.6 is 11.8 Å². The molecule has 8 aromatic rings. The van der Waals surface area contributed by atoms with Crippen LogP contribution < -0.4 is 5.32 Å². The zero-order valence-corrected chi connectivity index (χ0v) is 32.2. The first-order valence-electron chi connectivity index (χ1n) is 19.6. The van der Waals surface area contributed by atoms with E-state index in [4.69, 9.17) is 4.99 Å². The standard InChI is InChI=1S/C54H35N3S/c55-34-42-22-13-25-47-52(42)43-32-40(28-29-44(43)54(47)45-23-7-9-26-50(45)58-51-27-10-8-24-46(51)54)38-19-11-18-37(30-38)39-20-12-21-41(31-39)53-56-48(35-14-3-1-4-15-35)33-49(57-53)36-16-5-2-6-17-36/h1-33,48H,(H,56,57). The van der Waals surface area contributed by atoms with E-state index in [9.17, 15) is 5.26 Å². The molecule has 1 spiro atoms. The summed E-state index contributed by atoms with van der Waals surface area (Å²) in [4.78, 5) is 7.73. The second-order valence-corrected chi connectivity index (χ2v) is 16.1. The topological polar surface area (TPSA) is 48.2 Å². The molecule has 1 atom stereocenters. The molecule has 1 N–H and O–H groups in total. The van der Waals surface area contributed by atoms with E-state index >= 15 is 0 Å². The van der Waals surface area contributed by atoms with Gasteiger partial charge < -0.3 is 5.32 Å². The number of benzene rings is 8. The Morgan fingerprint density at radius 2 is 1.05 bits per heavy atom. The van der Waals surface area contributed by atoms with E-state index < -0.39 is 5.41 Å². The van der Waals surface area contributed by atoms with Crippen molar-refractivity contribution in [3.8, 4) is 39.4 Å². The fourth-order valence-corrected chi connectivity index (χ4v) is 10.4. The molecule has 272 valence electrons. The van der Waals surface area contributed by atoms with E-state index in [1.165, 1.54) is 32.0 Å². The fourth-order valence-electron chi connectivity index (χ4n) is 9.24. The lowest BCUT2D eigenvalue weighted by Gasteiger charge is -2.39. The Labute approximate surface area is 342 Å².